The summed E-state index contributed by atoms with van der Waals surface area (Å²) in [5, 5.41) is 4.75. The molecule has 0 unspecified atom stereocenters. The summed E-state index contributed by atoms with van der Waals surface area (Å²) in [5.41, 5.74) is 3.94. The minimum absolute atomic E-state index is 0.0769. The molecule has 1 aliphatic rings. The molecule has 2 aromatic carbocycles. The van der Waals surface area contributed by atoms with Crippen LogP contribution in [0.4, 0.5) is 0 Å². The highest BCUT2D eigenvalue weighted by Crippen LogP contribution is 2.34. The molecule has 1 amide bonds. The van der Waals surface area contributed by atoms with E-state index in [1.54, 1.807) is 18.9 Å². The Morgan fingerprint density at radius 3 is 2.33 bits per heavy atom. The monoisotopic (exact) mass is 483 g/mol. The number of pyridine rings is 1. The van der Waals surface area contributed by atoms with Crippen LogP contribution in [-0.2, 0) is 6.54 Å². The third-order valence-corrected chi connectivity index (χ3v) is 6.40. The summed E-state index contributed by atoms with van der Waals surface area (Å²) in [7, 11) is 3.21. The van der Waals surface area contributed by atoms with Crippen molar-refractivity contribution in [3.63, 3.8) is 0 Å². The van der Waals surface area contributed by atoms with E-state index in [9.17, 15) is 4.79 Å². The number of ether oxygens (including phenoxy) is 2. The van der Waals surface area contributed by atoms with Crippen molar-refractivity contribution in [2.24, 2.45) is 0 Å². The summed E-state index contributed by atoms with van der Waals surface area (Å²) in [5.74, 6) is 1.16. The van der Waals surface area contributed by atoms with Gasteiger partial charge in [0, 0.05) is 50.7 Å². The Labute approximate surface area is 210 Å². The fourth-order valence-corrected chi connectivity index (χ4v) is 4.44. The zero-order chi connectivity index (χ0) is 24.9. The van der Waals surface area contributed by atoms with Gasteiger partial charge in [0.25, 0.3) is 5.91 Å². The van der Waals surface area contributed by atoms with E-state index in [1.807, 2.05) is 84.0 Å². The van der Waals surface area contributed by atoms with Crippen LogP contribution in [-0.4, -0.2) is 70.9 Å². The van der Waals surface area contributed by atoms with Crippen LogP contribution in [0.5, 0.6) is 11.5 Å². The summed E-state index contributed by atoms with van der Waals surface area (Å²) in [4.78, 5) is 22.4. The molecule has 5 rings (SSSR count). The number of para-hydroxylation sites is 1. The van der Waals surface area contributed by atoms with Gasteiger partial charge in [0.15, 0.2) is 17.2 Å². The van der Waals surface area contributed by atoms with Gasteiger partial charge in [-0.3, -0.25) is 14.7 Å². The number of hydrogen-bond acceptors (Lipinski definition) is 6. The van der Waals surface area contributed by atoms with Crippen molar-refractivity contribution in [3.8, 4) is 28.3 Å². The first-order valence-corrected chi connectivity index (χ1v) is 12.0. The number of rotatable bonds is 7. The SMILES string of the molecule is COc1ccc(-c2cn(-c3ccccc3)nc2C(=O)N2CCN(Cc3ccccn3)CC2)cc1OC. The number of aromatic nitrogens is 3. The molecular weight excluding hydrogens is 454 g/mol. The van der Waals surface area contributed by atoms with Crippen molar-refractivity contribution in [2.75, 3.05) is 40.4 Å². The minimum atomic E-state index is -0.0769. The lowest BCUT2D eigenvalue weighted by Gasteiger charge is -2.34. The largest absolute Gasteiger partial charge is 0.493 e. The molecule has 8 heteroatoms. The molecule has 0 bridgehead atoms. The normalized spacial score (nSPS) is 14.0. The van der Waals surface area contributed by atoms with Crippen molar-refractivity contribution in [3.05, 3.63) is 90.5 Å². The van der Waals surface area contributed by atoms with E-state index in [2.05, 4.69) is 9.88 Å². The van der Waals surface area contributed by atoms with Gasteiger partial charge >= 0.3 is 0 Å². The molecule has 0 saturated carbocycles. The van der Waals surface area contributed by atoms with Gasteiger partial charge in [-0.2, -0.15) is 5.10 Å². The van der Waals surface area contributed by atoms with Gasteiger partial charge in [0.05, 0.1) is 25.6 Å². The lowest BCUT2D eigenvalue weighted by atomic mass is 10.0. The Morgan fingerprint density at radius 1 is 0.889 bits per heavy atom. The molecule has 4 aromatic rings. The molecule has 0 radical (unpaired) electrons. The summed E-state index contributed by atoms with van der Waals surface area (Å²) < 4.78 is 12.7. The van der Waals surface area contributed by atoms with Crippen LogP contribution in [0.25, 0.3) is 16.8 Å². The Kier molecular flexibility index (Phi) is 6.95. The topological polar surface area (TPSA) is 72.7 Å². The van der Waals surface area contributed by atoms with Crippen LogP contribution in [0.15, 0.2) is 79.1 Å². The first-order valence-electron chi connectivity index (χ1n) is 12.0. The van der Waals surface area contributed by atoms with Crippen LogP contribution < -0.4 is 9.47 Å². The highest BCUT2D eigenvalue weighted by Gasteiger charge is 2.27. The van der Waals surface area contributed by atoms with Gasteiger partial charge in [-0.1, -0.05) is 30.3 Å². The molecule has 2 aromatic heterocycles. The van der Waals surface area contributed by atoms with Gasteiger partial charge in [-0.15, -0.1) is 0 Å². The highest BCUT2D eigenvalue weighted by atomic mass is 16.5. The van der Waals surface area contributed by atoms with Gasteiger partial charge < -0.3 is 14.4 Å². The first kappa shape index (κ1) is 23.6. The van der Waals surface area contributed by atoms with Crippen molar-refractivity contribution in [2.45, 2.75) is 6.54 Å². The predicted molar refractivity (Wildman–Crippen MR) is 138 cm³/mol. The Morgan fingerprint density at radius 2 is 1.64 bits per heavy atom. The van der Waals surface area contributed by atoms with E-state index in [0.717, 1.165) is 42.1 Å². The molecule has 0 N–H and O–H groups in total. The average molecular weight is 484 g/mol. The molecule has 0 atom stereocenters. The van der Waals surface area contributed by atoms with Crippen molar-refractivity contribution < 1.29 is 14.3 Å². The summed E-state index contributed by atoms with van der Waals surface area (Å²) >= 11 is 0. The number of carbonyl (C=O) groups is 1. The number of hydrogen-bond donors (Lipinski definition) is 0. The third-order valence-electron chi connectivity index (χ3n) is 6.40. The lowest BCUT2D eigenvalue weighted by molar-refractivity contribution is 0.0621. The van der Waals surface area contributed by atoms with Crippen LogP contribution in [0.1, 0.15) is 16.2 Å². The fraction of sp³-hybridized carbons (Fsp3) is 0.250. The molecule has 1 aliphatic heterocycles. The molecule has 3 heterocycles. The Hall–Kier alpha value is -4.17. The third kappa shape index (κ3) is 4.94. The zero-order valence-electron chi connectivity index (χ0n) is 20.5. The van der Waals surface area contributed by atoms with Crippen LogP contribution in [0.2, 0.25) is 0 Å². The van der Waals surface area contributed by atoms with Crippen LogP contribution in [0, 0.1) is 0 Å². The summed E-state index contributed by atoms with van der Waals surface area (Å²) in [6.45, 7) is 3.62. The number of nitrogens with zero attached hydrogens (tertiary/aromatic N) is 5. The molecule has 0 aliphatic carbocycles. The average Bonchev–Trinajstić information content (AvgIpc) is 3.39. The van der Waals surface area contributed by atoms with Crippen molar-refractivity contribution in [1.82, 2.24) is 24.6 Å². The fourth-order valence-electron chi connectivity index (χ4n) is 4.44. The Bertz CT molecular complexity index is 1320. The molecule has 1 fully saturated rings. The summed E-state index contributed by atoms with van der Waals surface area (Å²) in [6, 6.07) is 21.4. The maximum atomic E-state index is 13.7. The Balaban J connectivity index is 1.42. The van der Waals surface area contributed by atoms with E-state index < -0.39 is 0 Å². The first-order chi connectivity index (χ1) is 17.7. The zero-order valence-corrected chi connectivity index (χ0v) is 20.5. The number of piperazine rings is 1. The molecule has 0 spiro atoms. The molecule has 36 heavy (non-hydrogen) atoms. The van der Waals surface area contributed by atoms with E-state index in [1.165, 1.54) is 0 Å². The highest BCUT2D eigenvalue weighted by molar-refractivity contribution is 5.99. The second kappa shape index (κ2) is 10.6. The van der Waals surface area contributed by atoms with E-state index in [-0.39, 0.29) is 5.91 Å². The number of methoxy groups -OCH3 is 2. The maximum absolute atomic E-state index is 13.7. The smallest absolute Gasteiger partial charge is 0.275 e. The maximum Gasteiger partial charge on any atom is 0.275 e. The molecule has 1 saturated heterocycles. The number of carbonyl (C=O) groups excluding carboxylic acids is 1. The van der Waals surface area contributed by atoms with E-state index in [0.29, 0.717) is 30.3 Å². The van der Waals surface area contributed by atoms with Crippen molar-refractivity contribution in [1.29, 1.82) is 0 Å². The minimum Gasteiger partial charge on any atom is -0.493 e. The molecule has 184 valence electrons. The van der Waals surface area contributed by atoms with Crippen molar-refractivity contribution >= 4 is 5.91 Å². The standard InChI is InChI=1S/C28H29N5O3/c1-35-25-12-11-21(18-26(25)36-2)24-20-33(23-9-4-3-5-10-23)30-27(24)28(34)32-16-14-31(15-17-32)19-22-8-6-7-13-29-22/h3-13,18,20H,14-17,19H2,1-2H3. The predicted octanol–water partition coefficient (Wildman–Crippen LogP) is 3.91. The second-order valence-corrected chi connectivity index (χ2v) is 8.63. The summed E-state index contributed by atoms with van der Waals surface area (Å²) in [6.07, 6.45) is 3.72. The van der Waals surface area contributed by atoms with Crippen LogP contribution >= 0.6 is 0 Å². The quantitative estimate of drug-likeness (QED) is 0.397. The van der Waals surface area contributed by atoms with Crippen LogP contribution in [0.3, 0.4) is 0 Å². The molecule has 8 nitrogen and oxygen atoms in total. The van der Waals surface area contributed by atoms with E-state index >= 15 is 0 Å². The van der Waals surface area contributed by atoms with Gasteiger partial charge in [0.1, 0.15) is 0 Å². The van der Waals surface area contributed by atoms with E-state index in [4.69, 9.17) is 14.6 Å². The lowest BCUT2D eigenvalue weighted by Crippen LogP contribution is -2.48. The van der Waals surface area contributed by atoms with Gasteiger partial charge in [0.2, 0.25) is 0 Å². The molecular formula is C28H29N5O3. The van der Waals surface area contributed by atoms with Gasteiger partial charge in [-0.05, 0) is 42.0 Å². The second-order valence-electron chi connectivity index (χ2n) is 8.63. The number of benzene rings is 2. The van der Waals surface area contributed by atoms with Gasteiger partial charge in [-0.25, -0.2) is 4.68 Å². The number of amides is 1.